The Morgan fingerprint density at radius 1 is 1.47 bits per heavy atom. The zero-order chi connectivity index (χ0) is 13.7. The first-order chi connectivity index (χ1) is 9.20. The molecule has 0 bridgehead atoms. The van der Waals surface area contributed by atoms with Gasteiger partial charge >= 0.3 is 5.97 Å². The maximum absolute atomic E-state index is 11.4. The third-order valence-corrected chi connectivity index (χ3v) is 4.48. The van der Waals surface area contributed by atoms with Gasteiger partial charge in [-0.2, -0.15) is 0 Å². The predicted molar refractivity (Wildman–Crippen MR) is 79.1 cm³/mol. The maximum atomic E-state index is 11.4. The standard InChI is InChI=1S/C15H20BrNO2/c1-19-15(18)12-5-6-13(14(16)9-12)10-17-8-7-11-3-2-4-11/h5-6,9,11,17H,2-4,7-8,10H2,1H3. The Morgan fingerprint density at radius 2 is 2.26 bits per heavy atom. The van der Waals surface area contributed by atoms with Crippen molar-refractivity contribution in [2.75, 3.05) is 13.7 Å². The van der Waals surface area contributed by atoms with Gasteiger partial charge in [-0.25, -0.2) is 4.79 Å². The highest BCUT2D eigenvalue weighted by Crippen LogP contribution is 2.28. The predicted octanol–water partition coefficient (Wildman–Crippen LogP) is 3.52. The van der Waals surface area contributed by atoms with Gasteiger partial charge in [-0.3, -0.25) is 0 Å². The maximum Gasteiger partial charge on any atom is 0.337 e. The average molecular weight is 326 g/mol. The molecular formula is C15H20BrNO2. The van der Waals surface area contributed by atoms with Gasteiger partial charge in [0.1, 0.15) is 0 Å². The smallest absolute Gasteiger partial charge is 0.337 e. The van der Waals surface area contributed by atoms with Crippen LogP contribution in [0.5, 0.6) is 0 Å². The molecule has 104 valence electrons. The van der Waals surface area contributed by atoms with E-state index >= 15 is 0 Å². The molecule has 1 N–H and O–H groups in total. The molecule has 0 aliphatic heterocycles. The zero-order valence-corrected chi connectivity index (χ0v) is 12.8. The molecule has 19 heavy (non-hydrogen) atoms. The van der Waals surface area contributed by atoms with E-state index < -0.39 is 0 Å². The quantitative estimate of drug-likeness (QED) is 0.642. The molecule has 1 aliphatic rings. The molecule has 0 amide bonds. The van der Waals surface area contributed by atoms with Gasteiger partial charge < -0.3 is 10.1 Å². The SMILES string of the molecule is COC(=O)c1ccc(CNCCC2CCC2)c(Br)c1. The number of hydrogen-bond donors (Lipinski definition) is 1. The third-order valence-electron chi connectivity index (χ3n) is 3.74. The average Bonchev–Trinajstić information content (AvgIpc) is 2.37. The van der Waals surface area contributed by atoms with E-state index in [0.717, 1.165) is 23.5 Å². The highest BCUT2D eigenvalue weighted by Gasteiger charge is 2.16. The summed E-state index contributed by atoms with van der Waals surface area (Å²) < 4.78 is 5.65. The van der Waals surface area contributed by atoms with Gasteiger partial charge in [0.25, 0.3) is 0 Å². The fourth-order valence-corrected chi connectivity index (χ4v) is 2.77. The van der Waals surface area contributed by atoms with Crippen molar-refractivity contribution in [3.8, 4) is 0 Å². The summed E-state index contributed by atoms with van der Waals surface area (Å²) in [6.45, 7) is 1.89. The van der Waals surface area contributed by atoms with Gasteiger partial charge in [0.15, 0.2) is 0 Å². The highest BCUT2D eigenvalue weighted by molar-refractivity contribution is 9.10. The van der Waals surface area contributed by atoms with Crippen molar-refractivity contribution in [3.63, 3.8) is 0 Å². The summed E-state index contributed by atoms with van der Waals surface area (Å²) in [6.07, 6.45) is 5.49. The largest absolute Gasteiger partial charge is 0.465 e. The Hall–Kier alpha value is -0.870. The van der Waals surface area contributed by atoms with E-state index in [4.69, 9.17) is 4.74 Å². The normalized spacial score (nSPS) is 15.1. The molecule has 1 saturated carbocycles. The second-order valence-electron chi connectivity index (χ2n) is 5.06. The number of carbonyl (C=O) groups is 1. The van der Waals surface area contributed by atoms with Crippen LogP contribution in [0.1, 0.15) is 41.6 Å². The van der Waals surface area contributed by atoms with Crippen LogP contribution >= 0.6 is 15.9 Å². The minimum Gasteiger partial charge on any atom is -0.465 e. The fourth-order valence-electron chi connectivity index (χ4n) is 2.25. The minimum atomic E-state index is -0.301. The van der Waals surface area contributed by atoms with E-state index in [-0.39, 0.29) is 5.97 Å². The van der Waals surface area contributed by atoms with E-state index in [2.05, 4.69) is 21.2 Å². The molecule has 1 fully saturated rings. The van der Waals surface area contributed by atoms with Crippen molar-refractivity contribution in [1.82, 2.24) is 5.32 Å². The number of nitrogens with one attached hydrogen (secondary N) is 1. The zero-order valence-electron chi connectivity index (χ0n) is 11.2. The molecule has 0 spiro atoms. The molecule has 3 nitrogen and oxygen atoms in total. The summed E-state index contributed by atoms with van der Waals surface area (Å²) in [6, 6.07) is 5.58. The van der Waals surface area contributed by atoms with Crippen molar-refractivity contribution >= 4 is 21.9 Å². The number of rotatable bonds is 6. The van der Waals surface area contributed by atoms with Crippen LogP contribution in [0.15, 0.2) is 22.7 Å². The molecule has 0 heterocycles. The van der Waals surface area contributed by atoms with Crippen LogP contribution in [-0.2, 0) is 11.3 Å². The number of hydrogen-bond acceptors (Lipinski definition) is 3. The number of esters is 1. The molecule has 0 saturated heterocycles. The second-order valence-corrected chi connectivity index (χ2v) is 5.91. The summed E-state index contributed by atoms with van der Waals surface area (Å²) in [7, 11) is 1.39. The number of methoxy groups -OCH3 is 1. The Morgan fingerprint density at radius 3 is 2.84 bits per heavy atom. The van der Waals surface area contributed by atoms with E-state index in [0.29, 0.717) is 5.56 Å². The molecular weight excluding hydrogens is 306 g/mol. The Labute approximate surface area is 122 Å². The minimum absolute atomic E-state index is 0.301. The molecule has 1 aromatic carbocycles. The van der Waals surface area contributed by atoms with Crippen molar-refractivity contribution in [2.45, 2.75) is 32.2 Å². The summed E-state index contributed by atoms with van der Waals surface area (Å²) in [5, 5.41) is 3.46. The number of benzene rings is 1. The lowest BCUT2D eigenvalue weighted by atomic mass is 9.83. The van der Waals surface area contributed by atoms with Crippen LogP contribution in [0.25, 0.3) is 0 Å². The first-order valence-corrected chi connectivity index (χ1v) is 7.57. The van der Waals surface area contributed by atoms with Gasteiger partial charge in [0.05, 0.1) is 12.7 Å². The molecule has 4 heteroatoms. The van der Waals surface area contributed by atoms with Crippen molar-refractivity contribution in [3.05, 3.63) is 33.8 Å². The van der Waals surface area contributed by atoms with Crippen LogP contribution in [0, 0.1) is 5.92 Å². The van der Waals surface area contributed by atoms with Gasteiger partial charge in [0.2, 0.25) is 0 Å². The summed E-state index contributed by atoms with van der Waals surface area (Å²) >= 11 is 3.50. The van der Waals surface area contributed by atoms with Crippen LogP contribution in [0.4, 0.5) is 0 Å². The van der Waals surface area contributed by atoms with Gasteiger partial charge in [-0.05, 0) is 36.6 Å². The van der Waals surface area contributed by atoms with E-state index in [1.165, 1.54) is 38.4 Å². The number of halogens is 1. The molecule has 1 aromatic rings. The van der Waals surface area contributed by atoms with Crippen molar-refractivity contribution in [2.24, 2.45) is 5.92 Å². The lowest BCUT2D eigenvalue weighted by molar-refractivity contribution is 0.0600. The van der Waals surface area contributed by atoms with Gasteiger partial charge in [-0.15, -0.1) is 0 Å². The first-order valence-electron chi connectivity index (χ1n) is 6.78. The van der Waals surface area contributed by atoms with Crippen LogP contribution in [0.3, 0.4) is 0 Å². The summed E-state index contributed by atoms with van der Waals surface area (Å²) in [5.41, 5.74) is 1.74. The summed E-state index contributed by atoms with van der Waals surface area (Å²) in [4.78, 5) is 11.4. The number of carbonyl (C=O) groups excluding carboxylic acids is 1. The van der Waals surface area contributed by atoms with Crippen molar-refractivity contribution in [1.29, 1.82) is 0 Å². The van der Waals surface area contributed by atoms with E-state index in [1.54, 1.807) is 6.07 Å². The number of ether oxygens (including phenoxy) is 1. The lowest BCUT2D eigenvalue weighted by Crippen LogP contribution is -2.21. The van der Waals surface area contributed by atoms with Gasteiger partial charge in [0, 0.05) is 11.0 Å². The Kier molecular flexibility index (Phi) is 5.40. The molecule has 0 radical (unpaired) electrons. The summed E-state index contributed by atoms with van der Waals surface area (Å²) in [5.74, 6) is 0.642. The van der Waals surface area contributed by atoms with Crippen molar-refractivity contribution < 1.29 is 9.53 Å². The molecule has 0 aromatic heterocycles. The topological polar surface area (TPSA) is 38.3 Å². The molecule has 0 unspecified atom stereocenters. The van der Waals surface area contributed by atoms with Crippen LogP contribution in [-0.4, -0.2) is 19.6 Å². The molecule has 1 aliphatic carbocycles. The Balaban J connectivity index is 1.81. The van der Waals surface area contributed by atoms with E-state index in [9.17, 15) is 4.79 Å². The fraction of sp³-hybridized carbons (Fsp3) is 0.533. The monoisotopic (exact) mass is 325 g/mol. The van der Waals surface area contributed by atoms with Crippen LogP contribution < -0.4 is 5.32 Å². The third kappa shape index (κ3) is 4.05. The Bertz CT molecular complexity index is 444. The van der Waals surface area contributed by atoms with Crippen LogP contribution in [0.2, 0.25) is 0 Å². The molecule has 2 rings (SSSR count). The highest BCUT2D eigenvalue weighted by atomic mass is 79.9. The van der Waals surface area contributed by atoms with E-state index in [1.807, 2.05) is 12.1 Å². The lowest BCUT2D eigenvalue weighted by Gasteiger charge is -2.25. The molecule has 0 atom stereocenters. The first kappa shape index (κ1) is 14.5. The van der Waals surface area contributed by atoms with Gasteiger partial charge in [-0.1, -0.05) is 41.3 Å². The second kappa shape index (κ2) is 7.06.